The molecule has 1 N–H and O–H groups in total. The lowest BCUT2D eigenvalue weighted by atomic mass is 10.1. The molecule has 0 radical (unpaired) electrons. The number of rotatable bonds is 3. The zero-order valence-electron chi connectivity index (χ0n) is 16.4. The number of hydrogen-bond acceptors (Lipinski definition) is 4. The van der Waals surface area contributed by atoms with Crippen LogP contribution in [0.2, 0.25) is 5.15 Å². The van der Waals surface area contributed by atoms with Crippen LogP contribution in [0.4, 0.5) is 0 Å². The van der Waals surface area contributed by atoms with Gasteiger partial charge in [-0.1, -0.05) is 71.9 Å². The summed E-state index contributed by atoms with van der Waals surface area (Å²) in [5.74, 6) is -0.396. The fraction of sp³-hybridized carbons (Fsp3) is 0.0435. The van der Waals surface area contributed by atoms with Gasteiger partial charge in [-0.2, -0.15) is 10.1 Å². The predicted octanol–water partition coefficient (Wildman–Crippen LogP) is 5.14. The Morgan fingerprint density at radius 1 is 1.06 bits per heavy atom. The SMILES string of the molecule is Cc1nn(-c2ccccc2)c(Cl)c1/C=C1/C(=N)N2C(c3ccccc3)=CSC2=NC1=O. The molecule has 1 amide bonds. The average Bonchev–Trinajstić information content (AvgIpc) is 3.33. The molecule has 0 unspecified atom stereocenters. The zero-order chi connectivity index (χ0) is 21.5. The molecular weight excluding hydrogens is 430 g/mol. The van der Waals surface area contributed by atoms with Gasteiger partial charge in [0.15, 0.2) is 5.17 Å². The Balaban J connectivity index is 1.56. The first-order valence-corrected chi connectivity index (χ1v) is 10.8. The second-order valence-electron chi connectivity index (χ2n) is 6.97. The van der Waals surface area contributed by atoms with Gasteiger partial charge in [0.05, 0.1) is 22.7 Å². The van der Waals surface area contributed by atoms with Crippen molar-refractivity contribution in [1.82, 2.24) is 14.7 Å². The van der Waals surface area contributed by atoms with Crippen LogP contribution < -0.4 is 0 Å². The Hall–Kier alpha value is -3.42. The molecule has 0 saturated carbocycles. The first kappa shape index (κ1) is 19.5. The number of carbonyl (C=O) groups is 1. The van der Waals surface area contributed by atoms with Crippen LogP contribution in [0, 0.1) is 12.3 Å². The summed E-state index contributed by atoms with van der Waals surface area (Å²) < 4.78 is 1.62. The van der Waals surface area contributed by atoms with Crippen molar-refractivity contribution in [3.63, 3.8) is 0 Å². The number of amides is 1. The summed E-state index contributed by atoms with van der Waals surface area (Å²) in [7, 11) is 0. The number of hydrogen-bond donors (Lipinski definition) is 1. The molecule has 3 aromatic rings. The summed E-state index contributed by atoms with van der Waals surface area (Å²) in [6.07, 6.45) is 1.61. The monoisotopic (exact) mass is 445 g/mol. The summed E-state index contributed by atoms with van der Waals surface area (Å²) in [5, 5.41) is 16.1. The topological polar surface area (TPSA) is 74.3 Å². The number of fused-ring (bicyclic) bond motifs is 1. The van der Waals surface area contributed by atoms with E-state index in [9.17, 15) is 4.79 Å². The van der Waals surface area contributed by atoms with Gasteiger partial charge in [-0.15, -0.1) is 0 Å². The molecular formula is C23H16ClN5OS. The largest absolute Gasteiger partial charge is 0.283 e. The minimum Gasteiger partial charge on any atom is -0.283 e. The molecule has 2 aliphatic heterocycles. The summed E-state index contributed by atoms with van der Waals surface area (Å²) >= 11 is 7.96. The predicted molar refractivity (Wildman–Crippen MR) is 125 cm³/mol. The van der Waals surface area contributed by atoms with E-state index < -0.39 is 5.91 Å². The average molecular weight is 446 g/mol. The third-order valence-electron chi connectivity index (χ3n) is 5.02. The fourth-order valence-electron chi connectivity index (χ4n) is 3.47. The van der Waals surface area contributed by atoms with Crippen LogP contribution >= 0.6 is 23.4 Å². The van der Waals surface area contributed by atoms with Crippen LogP contribution in [-0.2, 0) is 4.79 Å². The van der Waals surface area contributed by atoms with Gasteiger partial charge < -0.3 is 0 Å². The molecule has 31 heavy (non-hydrogen) atoms. The highest BCUT2D eigenvalue weighted by molar-refractivity contribution is 8.17. The Kier molecular flexibility index (Phi) is 4.84. The Labute approximate surface area is 188 Å². The van der Waals surface area contributed by atoms with Crippen LogP contribution in [0.25, 0.3) is 17.5 Å². The Morgan fingerprint density at radius 3 is 2.45 bits per heavy atom. The van der Waals surface area contributed by atoms with Gasteiger partial charge in [0.2, 0.25) is 0 Å². The number of amidine groups is 2. The van der Waals surface area contributed by atoms with Crippen LogP contribution in [0.3, 0.4) is 0 Å². The molecule has 0 saturated heterocycles. The first-order chi connectivity index (χ1) is 15.0. The Morgan fingerprint density at radius 2 is 1.74 bits per heavy atom. The number of para-hydroxylation sites is 1. The van der Waals surface area contributed by atoms with E-state index in [2.05, 4.69) is 10.1 Å². The second-order valence-corrected chi connectivity index (χ2v) is 8.16. The number of aryl methyl sites for hydroxylation is 1. The standard InChI is InChI=1S/C23H16ClN5OS/c1-14-17(20(24)29(27-14)16-10-6-3-7-11-16)12-18-21(25)28-19(15-8-4-2-5-9-15)13-31-23(28)26-22(18)30/h2-13,25H,1H3/b18-12-,25-21?. The number of nitrogens with zero attached hydrogens (tertiary/aromatic N) is 4. The lowest BCUT2D eigenvalue weighted by Crippen LogP contribution is -2.38. The summed E-state index contributed by atoms with van der Waals surface area (Å²) in [6, 6.07) is 19.3. The van der Waals surface area contributed by atoms with Crippen LogP contribution in [0.1, 0.15) is 16.8 Å². The van der Waals surface area contributed by atoms with Crippen molar-refractivity contribution < 1.29 is 4.79 Å². The zero-order valence-corrected chi connectivity index (χ0v) is 18.0. The molecule has 2 aliphatic rings. The highest BCUT2D eigenvalue weighted by Crippen LogP contribution is 2.37. The minimum atomic E-state index is -0.464. The van der Waals surface area contributed by atoms with Gasteiger partial charge in [-0.3, -0.25) is 15.1 Å². The normalized spacial score (nSPS) is 17.1. The van der Waals surface area contributed by atoms with E-state index >= 15 is 0 Å². The summed E-state index contributed by atoms with van der Waals surface area (Å²) in [5.41, 5.74) is 4.00. The molecule has 3 heterocycles. The molecule has 0 fully saturated rings. The number of benzene rings is 2. The van der Waals surface area contributed by atoms with Gasteiger partial charge in [0.1, 0.15) is 11.0 Å². The second kappa shape index (κ2) is 7.68. The maximum Gasteiger partial charge on any atom is 0.283 e. The molecule has 8 heteroatoms. The molecule has 0 bridgehead atoms. The van der Waals surface area contributed by atoms with E-state index in [1.165, 1.54) is 11.8 Å². The molecule has 0 atom stereocenters. The van der Waals surface area contributed by atoms with Crippen molar-refractivity contribution in [3.05, 3.63) is 93.6 Å². The fourth-order valence-corrected chi connectivity index (χ4v) is 4.69. The third-order valence-corrected chi connectivity index (χ3v) is 6.21. The van der Waals surface area contributed by atoms with Gasteiger partial charge in [-0.05, 0) is 30.7 Å². The Bertz CT molecular complexity index is 1310. The molecule has 2 aromatic carbocycles. The third kappa shape index (κ3) is 3.32. The maximum absolute atomic E-state index is 12.8. The lowest BCUT2D eigenvalue weighted by Gasteiger charge is -2.26. The highest BCUT2D eigenvalue weighted by Gasteiger charge is 2.36. The van der Waals surface area contributed by atoms with E-state index in [0.717, 1.165) is 16.9 Å². The summed E-state index contributed by atoms with van der Waals surface area (Å²) in [6.45, 7) is 1.82. The van der Waals surface area contributed by atoms with Gasteiger partial charge >= 0.3 is 0 Å². The number of nitrogens with one attached hydrogen (secondary N) is 1. The molecule has 5 rings (SSSR count). The maximum atomic E-state index is 12.8. The number of halogens is 1. The molecule has 6 nitrogen and oxygen atoms in total. The smallest absolute Gasteiger partial charge is 0.283 e. The summed E-state index contributed by atoms with van der Waals surface area (Å²) in [4.78, 5) is 18.7. The van der Waals surface area contributed by atoms with Crippen molar-refractivity contribution in [2.45, 2.75) is 6.92 Å². The lowest BCUT2D eigenvalue weighted by molar-refractivity contribution is -0.114. The minimum absolute atomic E-state index is 0.0676. The first-order valence-electron chi connectivity index (χ1n) is 9.51. The van der Waals surface area contributed by atoms with Crippen LogP contribution in [0.15, 0.2) is 76.6 Å². The number of aliphatic imine (C=N–C) groups is 1. The van der Waals surface area contributed by atoms with E-state index in [0.29, 0.717) is 21.6 Å². The van der Waals surface area contributed by atoms with E-state index in [-0.39, 0.29) is 11.4 Å². The van der Waals surface area contributed by atoms with Crippen LogP contribution in [0.5, 0.6) is 0 Å². The number of carbonyl (C=O) groups excluding carboxylic acids is 1. The molecule has 1 aromatic heterocycles. The van der Waals surface area contributed by atoms with E-state index in [4.69, 9.17) is 17.0 Å². The van der Waals surface area contributed by atoms with Crippen molar-refractivity contribution in [3.8, 4) is 5.69 Å². The van der Waals surface area contributed by atoms with Crippen molar-refractivity contribution in [1.29, 1.82) is 5.41 Å². The van der Waals surface area contributed by atoms with Crippen molar-refractivity contribution in [2.24, 2.45) is 4.99 Å². The van der Waals surface area contributed by atoms with E-state index in [1.54, 1.807) is 15.7 Å². The van der Waals surface area contributed by atoms with Gasteiger partial charge in [-0.25, -0.2) is 4.68 Å². The quantitative estimate of drug-likeness (QED) is 0.566. The number of thioether (sulfide) groups is 1. The molecule has 0 aliphatic carbocycles. The van der Waals surface area contributed by atoms with Crippen LogP contribution in [-0.4, -0.2) is 31.6 Å². The molecule has 0 spiro atoms. The van der Waals surface area contributed by atoms with Crippen molar-refractivity contribution in [2.75, 3.05) is 0 Å². The van der Waals surface area contributed by atoms with E-state index in [1.807, 2.05) is 73.0 Å². The number of aromatic nitrogens is 2. The highest BCUT2D eigenvalue weighted by atomic mass is 35.5. The van der Waals surface area contributed by atoms with Gasteiger partial charge in [0.25, 0.3) is 5.91 Å². The molecule has 152 valence electrons. The van der Waals surface area contributed by atoms with Crippen molar-refractivity contribution >= 4 is 52.0 Å². The van der Waals surface area contributed by atoms with Gasteiger partial charge in [0, 0.05) is 11.0 Å².